The minimum Gasteiger partial charge on any atom is -0.397 e. The first kappa shape index (κ1) is 12.8. The summed E-state index contributed by atoms with van der Waals surface area (Å²) in [6.45, 7) is 3.13. The second kappa shape index (κ2) is 5.75. The first-order valence-corrected chi connectivity index (χ1v) is 5.42. The van der Waals surface area contributed by atoms with Gasteiger partial charge in [0.25, 0.3) is 5.91 Å². The van der Waals surface area contributed by atoms with E-state index < -0.39 is 5.91 Å². The van der Waals surface area contributed by atoms with Gasteiger partial charge in [0.15, 0.2) is 0 Å². The van der Waals surface area contributed by atoms with Crippen molar-refractivity contribution in [2.24, 2.45) is 5.73 Å². The molecule has 5 heteroatoms. The monoisotopic (exact) mass is 232 g/mol. The highest BCUT2D eigenvalue weighted by atomic mass is 16.1. The Morgan fingerprint density at radius 1 is 1.53 bits per heavy atom. The van der Waals surface area contributed by atoms with Crippen LogP contribution in [-0.2, 0) is 0 Å². The Morgan fingerprint density at radius 2 is 2.24 bits per heavy atom. The van der Waals surface area contributed by atoms with E-state index in [-0.39, 0.29) is 0 Å². The molecular weight excluding hydrogens is 216 g/mol. The van der Waals surface area contributed by atoms with E-state index in [2.05, 4.69) is 6.07 Å². The molecule has 17 heavy (non-hydrogen) atoms. The van der Waals surface area contributed by atoms with E-state index >= 15 is 0 Å². The van der Waals surface area contributed by atoms with Gasteiger partial charge in [-0.05, 0) is 19.1 Å². The number of rotatable bonds is 5. The van der Waals surface area contributed by atoms with Gasteiger partial charge in [-0.25, -0.2) is 0 Å². The molecule has 1 rings (SSSR count). The average Bonchev–Trinajstić information content (AvgIpc) is 2.31. The maximum Gasteiger partial charge on any atom is 0.250 e. The SMILES string of the molecule is CCN(CCC#N)c1c(N)cccc1C(N)=O. The molecule has 0 saturated carbocycles. The van der Waals surface area contributed by atoms with Crippen LogP contribution in [-0.4, -0.2) is 19.0 Å². The highest BCUT2D eigenvalue weighted by Crippen LogP contribution is 2.27. The first-order chi connectivity index (χ1) is 8.11. The molecule has 0 fully saturated rings. The van der Waals surface area contributed by atoms with Crippen molar-refractivity contribution in [3.8, 4) is 6.07 Å². The van der Waals surface area contributed by atoms with E-state index in [0.29, 0.717) is 36.4 Å². The van der Waals surface area contributed by atoms with E-state index in [9.17, 15) is 4.79 Å². The largest absolute Gasteiger partial charge is 0.397 e. The molecule has 0 atom stereocenters. The van der Waals surface area contributed by atoms with Crippen LogP contribution in [0.15, 0.2) is 18.2 Å². The van der Waals surface area contributed by atoms with Crippen molar-refractivity contribution in [3.05, 3.63) is 23.8 Å². The van der Waals surface area contributed by atoms with E-state index in [4.69, 9.17) is 16.7 Å². The fraction of sp³-hybridized carbons (Fsp3) is 0.333. The average molecular weight is 232 g/mol. The molecule has 0 radical (unpaired) electrons. The summed E-state index contributed by atoms with van der Waals surface area (Å²) in [5, 5.41) is 8.61. The summed E-state index contributed by atoms with van der Waals surface area (Å²) in [6.07, 6.45) is 0.375. The van der Waals surface area contributed by atoms with E-state index in [1.54, 1.807) is 18.2 Å². The zero-order valence-corrected chi connectivity index (χ0v) is 9.81. The van der Waals surface area contributed by atoms with Crippen molar-refractivity contribution in [2.75, 3.05) is 23.7 Å². The number of carbonyl (C=O) groups excluding carboxylic acids is 1. The van der Waals surface area contributed by atoms with Gasteiger partial charge in [-0.15, -0.1) is 0 Å². The van der Waals surface area contributed by atoms with Crippen molar-refractivity contribution in [1.82, 2.24) is 0 Å². The Hall–Kier alpha value is -2.22. The van der Waals surface area contributed by atoms with Crippen LogP contribution in [0.1, 0.15) is 23.7 Å². The molecule has 1 aromatic carbocycles. The standard InChI is InChI=1S/C12H16N4O/c1-2-16(8-4-7-13)11-9(12(15)17)5-3-6-10(11)14/h3,5-6H,2,4,8,14H2,1H3,(H2,15,17). The minimum absolute atomic E-state index is 0.375. The molecule has 0 aliphatic heterocycles. The van der Waals surface area contributed by atoms with E-state index in [1.807, 2.05) is 11.8 Å². The highest BCUT2D eigenvalue weighted by Gasteiger charge is 2.16. The normalized spacial score (nSPS) is 9.65. The van der Waals surface area contributed by atoms with Crippen LogP contribution >= 0.6 is 0 Å². The predicted octanol–water partition coefficient (Wildman–Crippen LogP) is 1.11. The molecular formula is C12H16N4O. The fourth-order valence-electron chi connectivity index (χ4n) is 1.73. The van der Waals surface area contributed by atoms with Crippen LogP contribution in [0, 0.1) is 11.3 Å². The lowest BCUT2D eigenvalue weighted by Gasteiger charge is -2.25. The molecule has 0 bridgehead atoms. The number of para-hydroxylation sites is 1. The molecule has 0 spiro atoms. The second-order valence-electron chi connectivity index (χ2n) is 3.60. The highest BCUT2D eigenvalue weighted by molar-refractivity contribution is 6.01. The lowest BCUT2D eigenvalue weighted by molar-refractivity contribution is 0.100. The molecule has 0 saturated heterocycles. The van der Waals surface area contributed by atoms with Gasteiger partial charge in [0.2, 0.25) is 0 Å². The summed E-state index contributed by atoms with van der Waals surface area (Å²) in [6, 6.07) is 7.12. The summed E-state index contributed by atoms with van der Waals surface area (Å²) >= 11 is 0. The number of primary amides is 1. The van der Waals surface area contributed by atoms with Gasteiger partial charge in [-0.1, -0.05) is 6.07 Å². The smallest absolute Gasteiger partial charge is 0.250 e. The van der Waals surface area contributed by atoms with Crippen molar-refractivity contribution < 1.29 is 4.79 Å². The molecule has 0 aliphatic rings. The lowest BCUT2D eigenvalue weighted by Crippen LogP contribution is -2.28. The summed E-state index contributed by atoms with van der Waals surface area (Å²) < 4.78 is 0. The fourth-order valence-corrected chi connectivity index (χ4v) is 1.73. The number of nitrogens with zero attached hydrogens (tertiary/aromatic N) is 2. The zero-order valence-electron chi connectivity index (χ0n) is 9.81. The maximum absolute atomic E-state index is 11.3. The Kier molecular flexibility index (Phi) is 4.35. The second-order valence-corrected chi connectivity index (χ2v) is 3.60. The molecule has 1 amide bonds. The van der Waals surface area contributed by atoms with Crippen molar-refractivity contribution in [3.63, 3.8) is 0 Å². The van der Waals surface area contributed by atoms with Crippen molar-refractivity contribution >= 4 is 17.3 Å². The van der Waals surface area contributed by atoms with Gasteiger partial charge in [0, 0.05) is 13.1 Å². The summed E-state index contributed by atoms with van der Waals surface area (Å²) in [5.74, 6) is -0.511. The van der Waals surface area contributed by atoms with Crippen LogP contribution in [0.4, 0.5) is 11.4 Å². The number of carbonyl (C=O) groups is 1. The number of benzene rings is 1. The number of hydrogen-bond donors (Lipinski definition) is 2. The van der Waals surface area contributed by atoms with Crippen molar-refractivity contribution in [2.45, 2.75) is 13.3 Å². The maximum atomic E-state index is 11.3. The third kappa shape index (κ3) is 2.88. The Labute approximate surface area is 101 Å². The third-order valence-corrected chi connectivity index (χ3v) is 2.52. The number of nitriles is 1. The topological polar surface area (TPSA) is 96.1 Å². The number of amides is 1. The Bertz CT molecular complexity index is 450. The van der Waals surface area contributed by atoms with Gasteiger partial charge in [-0.2, -0.15) is 5.26 Å². The molecule has 0 aliphatic carbocycles. The molecule has 1 aromatic rings. The molecule has 0 unspecified atom stereocenters. The predicted molar refractivity (Wildman–Crippen MR) is 67.5 cm³/mol. The van der Waals surface area contributed by atoms with Gasteiger partial charge in [0.05, 0.1) is 29.4 Å². The van der Waals surface area contributed by atoms with Gasteiger partial charge < -0.3 is 16.4 Å². The van der Waals surface area contributed by atoms with Gasteiger partial charge in [-0.3, -0.25) is 4.79 Å². The molecule has 90 valence electrons. The third-order valence-electron chi connectivity index (χ3n) is 2.52. The zero-order chi connectivity index (χ0) is 12.8. The summed E-state index contributed by atoms with van der Waals surface area (Å²) in [7, 11) is 0. The molecule has 0 aromatic heterocycles. The van der Waals surface area contributed by atoms with Crippen LogP contribution in [0.5, 0.6) is 0 Å². The Morgan fingerprint density at radius 3 is 2.76 bits per heavy atom. The first-order valence-electron chi connectivity index (χ1n) is 5.42. The number of nitrogen functional groups attached to an aromatic ring is 1. The van der Waals surface area contributed by atoms with Crippen LogP contribution in [0.25, 0.3) is 0 Å². The van der Waals surface area contributed by atoms with E-state index in [0.717, 1.165) is 0 Å². The Balaban J connectivity index is 3.17. The quantitative estimate of drug-likeness (QED) is 0.743. The number of nitrogens with two attached hydrogens (primary N) is 2. The van der Waals surface area contributed by atoms with E-state index in [1.165, 1.54) is 0 Å². The van der Waals surface area contributed by atoms with Gasteiger partial charge in [0.1, 0.15) is 0 Å². The van der Waals surface area contributed by atoms with Crippen LogP contribution in [0.2, 0.25) is 0 Å². The van der Waals surface area contributed by atoms with Crippen LogP contribution < -0.4 is 16.4 Å². The van der Waals surface area contributed by atoms with Crippen LogP contribution in [0.3, 0.4) is 0 Å². The number of anilines is 2. The molecule has 5 nitrogen and oxygen atoms in total. The lowest BCUT2D eigenvalue weighted by atomic mass is 10.1. The van der Waals surface area contributed by atoms with Crippen molar-refractivity contribution in [1.29, 1.82) is 5.26 Å². The molecule has 4 N–H and O–H groups in total. The van der Waals surface area contributed by atoms with Gasteiger partial charge >= 0.3 is 0 Å². The number of hydrogen-bond acceptors (Lipinski definition) is 4. The summed E-state index contributed by atoms with van der Waals surface area (Å²) in [5.41, 5.74) is 12.7. The minimum atomic E-state index is -0.511. The molecule has 0 heterocycles. The summed E-state index contributed by atoms with van der Waals surface area (Å²) in [4.78, 5) is 13.2.